The van der Waals surface area contributed by atoms with Crippen molar-refractivity contribution in [3.8, 4) is 17.2 Å². The molecule has 0 saturated heterocycles. The monoisotopic (exact) mass is 273 g/mol. The molecule has 0 unspecified atom stereocenters. The molecule has 0 aromatic heterocycles. The molecule has 2 aromatic carbocycles. The third-order valence-electron chi connectivity index (χ3n) is 3.09. The molecule has 0 spiro atoms. The molecule has 0 radical (unpaired) electrons. The Morgan fingerprint density at radius 1 is 0.850 bits per heavy atom. The molecule has 0 heterocycles. The van der Waals surface area contributed by atoms with Crippen LogP contribution in [0.3, 0.4) is 0 Å². The summed E-state index contributed by atoms with van der Waals surface area (Å²) in [6.45, 7) is 0.936. The Bertz CT molecular complexity index is 569. The molecule has 2 aromatic rings. The average molecular weight is 273 g/mol. The van der Waals surface area contributed by atoms with Crippen LogP contribution in [0.1, 0.15) is 11.1 Å². The SMILES string of the molecule is COc1cccc(OCc2ccccc2CN)c1OC. The third kappa shape index (κ3) is 3.03. The van der Waals surface area contributed by atoms with E-state index in [1.54, 1.807) is 14.2 Å². The summed E-state index contributed by atoms with van der Waals surface area (Å²) in [6.07, 6.45) is 0. The van der Waals surface area contributed by atoms with Gasteiger partial charge in [0.25, 0.3) is 0 Å². The van der Waals surface area contributed by atoms with Crippen molar-refractivity contribution in [2.45, 2.75) is 13.2 Å². The summed E-state index contributed by atoms with van der Waals surface area (Å²) in [7, 11) is 3.20. The molecule has 106 valence electrons. The lowest BCUT2D eigenvalue weighted by Crippen LogP contribution is -2.05. The van der Waals surface area contributed by atoms with Crippen molar-refractivity contribution in [3.63, 3.8) is 0 Å². The van der Waals surface area contributed by atoms with Gasteiger partial charge in [0, 0.05) is 6.54 Å². The zero-order chi connectivity index (χ0) is 14.4. The van der Waals surface area contributed by atoms with Crippen LogP contribution in [0.4, 0.5) is 0 Å². The molecule has 0 aliphatic heterocycles. The minimum absolute atomic E-state index is 0.441. The zero-order valence-corrected chi connectivity index (χ0v) is 11.8. The fourth-order valence-corrected chi connectivity index (χ4v) is 2.02. The van der Waals surface area contributed by atoms with Crippen LogP contribution >= 0.6 is 0 Å². The van der Waals surface area contributed by atoms with Crippen molar-refractivity contribution in [2.24, 2.45) is 5.73 Å². The quantitative estimate of drug-likeness (QED) is 0.879. The van der Waals surface area contributed by atoms with Crippen LogP contribution in [0, 0.1) is 0 Å². The number of hydrogen-bond acceptors (Lipinski definition) is 4. The lowest BCUT2D eigenvalue weighted by molar-refractivity contribution is 0.274. The number of ether oxygens (including phenoxy) is 3. The minimum atomic E-state index is 0.441. The predicted molar refractivity (Wildman–Crippen MR) is 78.2 cm³/mol. The van der Waals surface area contributed by atoms with Gasteiger partial charge in [0.2, 0.25) is 5.75 Å². The number of benzene rings is 2. The van der Waals surface area contributed by atoms with E-state index < -0.39 is 0 Å². The predicted octanol–water partition coefficient (Wildman–Crippen LogP) is 2.74. The Morgan fingerprint density at radius 2 is 1.55 bits per heavy atom. The first kappa shape index (κ1) is 14.2. The summed E-state index contributed by atoms with van der Waals surface area (Å²) >= 11 is 0. The molecule has 0 aliphatic carbocycles. The van der Waals surface area contributed by atoms with Gasteiger partial charge >= 0.3 is 0 Å². The molecular formula is C16H19NO3. The normalized spacial score (nSPS) is 10.2. The molecule has 2 rings (SSSR count). The Kier molecular flexibility index (Phi) is 4.85. The number of methoxy groups -OCH3 is 2. The van der Waals surface area contributed by atoms with Gasteiger partial charge in [-0.15, -0.1) is 0 Å². The minimum Gasteiger partial charge on any atom is -0.493 e. The first-order valence-electron chi connectivity index (χ1n) is 6.40. The Labute approximate surface area is 119 Å². The Balaban J connectivity index is 2.19. The van der Waals surface area contributed by atoms with Crippen molar-refractivity contribution in [2.75, 3.05) is 14.2 Å². The Morgan fingerprint density at radius 3 is 2.20 bits per heavy atom. The molecule has 0 atom stereocenters. The molecule has 0 amide bonds. The van der Waals surface area contributed by atoms with Crippen LogP contribution in [0.15, 0.2) is 42.5 Å². The highest BCUT2D eigenvalue weighted by atomic mass is 16.5. The van der Waals surface area contributed by atoms with E-state index >= 15 is 0 Å². The maximum Gasteiger partial charge on any atom is 0.203 e. The van der Waals surface area contributed by atoms with Gasteiger partial charge < -0.3 is 19.9 Å². The van der Waals surface area contributed by atoms with Gasteiger partial charge in [0.05, 0.1) is 14.2 Å². The summed E-state index contributed by atoms with van der Waals surface area (Å²) in [5.74, 6) is 1.90. The second kappa shape index (κ2) is 6.82. The fourth-order valence-electron chi connectivity index (χ4n) is 2.02. The maximum absolute atomic E-state index is 5.84. The van der Waals surface area contributed by atoms with Crippen LogP contribution in [0.2, 0.25) is 0 Å². The van der Waals surface area contributed by atoms with E-state index in [0.717, 1.165) is 11.1 Å². The lowest BCUT2D eigenvalue weighted by Gasteiger charge is -2.14. The van der Waals surface area contributed by atoms with Crippen LogP contribution in [-0.4, -0.2) is 14.2 Å². The van der Waals surface area contributed by atoms with E-state index in [1.807, 2.05) is 42.5 Å². The summed E-state index contributed by atoms with van der Waals surface area (Å²) < 4.78 is 16.4. The van der Waals surface area contributed by atoms with Crippen LogP contribution in [0.5, 0.6) is 17.2 Å². The molecule has 4 heteroatoms. The van der Waals surface area contributed by atoms with Gasteiger partial charge in [-0.2, -0.15) is 0 Å². The highest BCUT2D eigenvalue weighted by Gasteiger charge is 2.11. The molecule has 20 heavy (non-hydrogen) atoms. The summed E-state index contributed by atoms with van der Waals surface area (Å²) in [5, 5.41) is 0. The number of rotatable bonds is 6. The van der Waals surface area contributed by atoms with E-state index in [9.17, 15) is 0 Å². The second-order valence-corrected chi connectivity index (χ2v) is 4.25. The van der Waals surface area contributed by atoms with Gasteiger partial charge in [0.1, 0.15) is 6.61 Å². The maximum atomic E-state index is 5.84. The topological polar surface area (TPSA) is 53.7 Å². The van der Waals surface area contributed by atoms with E-state index in [4.69, 9.17) is 19.9 Å². The second-order valence-electron chi connectivity index (χ2n) is 4.25. The summed E-state index contributed by atoms with van der Waals surface area (Å²) in [4.78, 5) is 0. The molecule has 0 aliphatic rings. The van der Waals surface area contributed by atoms with Crippen molar-refractivity contribution in [3.05, 3.63) is 53.6 Å². The van der Waals surface area contributed by atoms with E-state index in [0.29, 0.717) is 30.4 Å². The first-order chi connectivity index (χ1) is 9.80. The van der Waals surface area contributed by atoms with Crippen LogP contribution in [-0.2, 0) is 13.2 Å². The fraction of sp³-hybridized carbons (Fsp3) is 0.250. The third-order valence-corrected chi connectivity index (χ3v) is 3.09. The van der Waals surface area contributed by atoms with Crippen molar-refractivity contribution in [1.82, 2.24) is 0 Å². The van der Waals surface area contributed by atoms with Crippen LogP contribution < -0.4 is 19.9 Å². The highest BCUT2D eigenvalue weighted by molar-refractivity contribution is 5.51. The number of hydrogen-bond donors (Lipinski definition) is 1. The zero-order valence-electron chi connectivity index (χ0n) is 11.8. The van der Waals surface area contributed by atoms with Crippen molar-refractivity contribution >= 4 is 0 Å². The van der Waals surface area contributed by atoms with Gasteiger partial charge in [-0.05, 0) is 23.3 Å². The number of nitrogens with two attached hydrogens (primary N) is 1. The standard InChI is InChI=1S/C16H19NO3/c1-18-14-8-5-9-15(16(14)19-2)20-11-13-7-4-3-6-12(13)10-17/h3-9H,10-11,17H2,1-2H3. The number of para-hydroxylation sites is 1. The molecule has 0 saturated carbocycles. The van der Waals surface area contributed by atoms with Crippen molar-refractivity contribution in [1.29, 1.82) is 0 Å². The lowest BCUT2D eigenvalue weighted by atomic mass is 10.1. The molecule has 4 nitrogen and oxygen atoms in total. The largest absolute Gasteiger partial charge is 0.493 e. The molecule has 0 bridgehead atoms. The van der Waals surface area contributed by atoms with Gasteiger partial charge in [-0.1, -0.05) is 30.3 Å². The smallest absolute Gasteiger partial charge is 0.203 e. The first-order valence-corrected chi connectivity index (χ1v) is 6.40. The summed E-state index contributed by atoms with van der Waals surface area (Å²) in [6, 6.07) is 13.5. The highest BCUT2D eigenvalue weighted by Crippen LogP contribution is 2.37. The summed E-state index contributed by atoms with van der Waals surface area (Å²) in [5.41, 5.74) is 7.87. The Hall–Kier alpha value is -2.20. The van der Waals surface area contributed by atoms with Crippen molar-refractivity contribution < 1.29 is 14.2 Å². The van der Waals surface area contributed by atoms with Crippen LogP contribution in [0.25, 0.3) is 0 Å². The van der Waals surface area contributed by atoms with E-state index in [2.05, 4.69) is 0 Å². The van der Waals surface area contributed by atoms with E-state index in [-0.39, 0.29) is 0 Å². The van der Waals surface area contributed by atoms with E-state index in [1.165, 1.54) is 0 Å². The van der Waals surface area contributed by atoms with Gasteiger partial charge in [-0.25, -0.2) is 0 Å². The molecule has 0 fully saturated rings. The van der Waals surface area contributed by atoms with Gasteiger partial charge in [-0.3, -0.25) is 0 Å². The van der Waals surface area contributed by atoms with Gasteiger partial charge in [0.15, 0.2) is 11.5 Å². The average Bonchev–Trinajstić information content (AvgIpc) is 2.52. The molecule has 2 N–H and O–H groups in total. The molecular weight excluding hydrogens is 254 g/mol.